The predicted molar refractivity (Wildman–Crippen MR) is 96.8 cm³/mol. The van der Waals surface area contributed by atoms with Crippen LogP contribution in [0.1, 0.15) is 30.5 Å². The van der Waals surface area contributed by atoms with Crippen molar-refractivity contribution in [2.24, 2.45) is 12.0 Å². The lowest BCUT2D eigenvalue weighted by Gasteiger charge is -2.23. The average molecular weight is 329 g/mol. The molecule has 1 atom stereocenters. The van der Waals surface area contributed by atoms with Gasteiger partial charge in [-0.05, 0) is 26.3 Å². The standard InChI is InChI=1S/C18H27N5O/c1-5-19-17(20-10-15-8-6-7-14(2)9-15)21-13-18(3,24)16-11-22-23(4)12-16/h6-9,11-12,24H,5,10,13H2,1-4H3,(H2,19,20,21). The van der Waals surface area contributed by atoms with Crippen LogP contribution in [0.3, 0.4) is 0 Å². The van der Waals surface area contributed by atoms with Crippen molar-refractivity contribution in [1.82, 2.24) is 20.4 Å². The summed E-state index contributed by atoms with van der Waals surface area (Å²) in [4.78, 5) is 4.59. The van der Waals surface area contributed by atoms with Gasteiger partial charge in [0.15, 0.2) is 5.96 Å². The van der Waals surface area contributed by atoms with E-state index in [2.05, 4.69) is 45.8 Å². The van der Waals surface area contributed by atoms with Gasteiger partial charge in [0.1, 0.15) is 5.60 Å². The van der Waals surface area contributed by atoms with E-state index in [4.69, 9.17) is 0 Å². The number of guanidine groups is 1. The lowest BCUT2D eigenvalue weighted by Crippen LogP contribution is -2.44. The molecule has 0 fully saturated rings. The molecule has 130 valence electrons. The summed E-state index contributed by atoms with van der Waals surface area (Å²) in [5, 5.41) is 21.2. The van der Waals surface area contributed by atoms with Gasteiger partial charge in [-0.2, -0.15) is 5.10 Å². The van der Waals surface area contributed by atoms with E-state index in [0.717, 1.165) is 17.7 Å². The van der Waals surface area contributed by atoms with Crippen LogP contribution in [0.25, 0.3) is 0 Å². The third-order valence-electron chi connectivity index (χ3n) is 3.77. The van der Waals surface area contributed by atoms with E-state index in [-0.39, 0.29) is 0 Å². The first-order valence-corrected chi connectivity index (χ1v) is 8.20. The van der Waals surface area contributed by atoms with Crippen LogP contribution in [0.4, 0.5) is 0 Å². The third-order valence-corrected chi connectivity index (χ3v) is 3.77. The van der Waals surface area contributed by atoms with E-state index in [1.165, 1.54) is 5.56 Å². The van der Waals surface area contributed by atoms with Gasteiger partial charge in [0.25, 0.3) is 0 Å². The van der Waals surface area contributed by atoms with Gasteiger partial charge in [0, 0.05) is 25.4 Å². The summed E-state index contributed by atoms with van der Waals surface area (Å²) in [7, 11) is 1.83. The molecular formula is C18H27N5O. The molecule has 0 aliphatic carbocycles. The Morgan fingerprint density at radius 2 is 2.17 bits per heavy atom. The highest BCUT2D eigenvalue weighted by atomic mass is 16.3. The van der Waals surface area contributed by atoms with Gasteiger partial charge in [0.05, 0.1) is 19.3 Å². The zero-order valence-electron chi connectivity index (χ0n) is 14.9. The highest BCUT2D eigenvalue weighted by Gasteiger charge is 2.24. The number of hydrogen-bond acceptors (Lipinski definition) is 3. The lowest BCUT2D eigenvalue weighted by molar-refractivity contribution is 0.0616. The molecule has 24 heavy (non-hydrogen) atoms. The molecule has 1 aromatic carbocycles. The fourth-order valence-corrected chi connectivity index (χ4v) is 2.38. The maximum atomic E-state index is 10.6. The fraction of sp³-hybridized carbons (Fsp3) is 0.444. The minimum atomic E-state index is -1.02. The molecule has 2 aromatic rings. The summed E-state index contributed by atoms with van der Waals surface area (Å²) in [6.45, 7) is 7.55. The zero-order valence-corrected chi connectivity index (χ0v) is 14.9. The van der Waals surface area contributed by atoms with Crippen LogP contribution in [0.5, 0.6) is 0 Å². The highest BCUT2D eigenvalue weighted by molar-refractivity contribution is 5.79. The van der Waals surface area contributed by atoms with Crippen LogP contribution in [-0.2, 0) is 19.2 Å². The quantitative estimate of drug-likeness (QED) is 0.557. The fourth-order valence-electron chi connectivity index (χ4n) is 2.38. The Morgan fingerprint density at radius 3 is 2.79 bits per heavy atom. The molecule has 2 rings (SSSR count). The van der Waals surface area contributed by atoms with Crippen LogP contribution in [-0.4, -0.2) is 33.9 Å². The van der Waals surface area contributed by atoms with Gasteiger partial charge in [-0.25, -0.2) is 4.99 Å². The predicted octanol–water partition coefficient (Wildman–Crippen LogP) is 1.69. The summed E-state index contributed by atoms with van der Waals surface area (Å²) in [6, 6.07) is 8.29. The van der Waals surface area contributed by atoms with E-state index < -0.39 is 5.60 Å². The number of benzene rings is 1. The summed E-state index contributed by atoms with van der Waals surface area (Å²) < 4.78 is 1.68. The van der Waals surface area contributed by atoms with Crippen molar-refractivity contribution in [2.45, 2.75) is 32.9 Å². The Hall–Kier alpha value is -2.34. The molecule has 1 aromatic heterocycles. The molecule has 0 bridgehead atoms. The van der Waals surface area contributed by atoms with Crippen LogP contribution < -0.4 is 10.6 Å². The number of nitrogens with one attached hydrogen (secondary N) is 2. The van der Waals surface area contributed by atoms with E-state index in [9.17, 15) is 5.11 Å². The van der Waals surface area contributed by atoms with Crippen LogP contribution in [0.2, 0.25) is 0 Å². The van der Waals surface area contributed by atoms with E-state index >= 15 is 0 Å². The lowest BCUT2D eigenvalue weighted by atomic mass is 10.00. The molecule has 0 radical (unpaired) electrons. The maximum absolute atomic E-state index is 10.6. The first kappa shape index (κ1) is 18.0. The van der Waals surface area contributed by atoms with E-state index in [1.807, 2.05) is 26.2 Å². The van der Waals surface area contributed by atoms with Crippen molar-refractivity contribution in [3.8, 4) is 0 Å². The molecule has 0 aliphatic rings. The number of hydrogen-bond donors (Lipinski definition) is 3. The zero-order chi connectivity index (χ0) is 17.6. The molecule has 0 saturated heterocycles. The molecule has 0 spiro atoms. The summed E-state index contributed by atoms with van der Waals surface area (Å²) >= 11 is 0. The number of aromatic nitrogens is 2. The second-order valence-electron chi connectivity index (χ2n) is 6.21. The van der Waals surface area contributed by atoms with E-state index in [0.29, 0.717) is 19.0 Å². The number of aryl methyl sites for hydroxylation is 2. The van der Waals surface area contributed by atoms with Crippen LogP contribution >= 0.6 is 0 Å². The van der Waals surface area contributed by atoms with Gasteiger partial charge < -0.3 is 15.7 Å². The Balaban J connectivity index is 2.01. The Bertz CT molecular complexity index is 690. The molecule has 6 heteroatoms. The second kappa shape index (κ2) is 7.97. The molecule has 6 nitrogen and oxygen atoms in total. The first-order valence-electron chi connectivity index (χ1n) is 8.20. The molecule has 0 saturated carbocycles. The minimum Gasteiger partial charge on any atom is -0.383 e. The SMILES string of the molecule is CCNC(=NCc1cccc(C)c1)NCC(C)(O)c1cnn(C)c1. The molecule has 0 amide bonds. The Labute approximate surface area is 143 Å². The smallest absolute Gasteiger partial charge is 0.191 e. The summed E-state index contributed by atoms with van der Waals surface area (Å²) in [5.41, 5.74) is 2.13. The van der Waals surface area contributed by atoms with Crippen molar-refractivity contribution >= 4 is 5.96 Å². The van der Waals surface area contributed by atoms with Crippen molar-refractivity contribution in [3.63, 3.8) is 0 Å². The number of aliphatic imine (C=N–C) groups is 1. The van der Waals surface area contributed by atoms with Crippen molar-refractivity contribution in [2.75, 3.05) is 13.1 Å². The average Bonchev–Trinajstić information content (AvgIpc) is 2.98. The first-order chi connectivity index (χ1) is 11.4. The number of rotatable bonds is 6. The summed E-state index contributed by atoms with van der Waals surface area (Å²) in [5.74, 6) is 0.683. The maximum Gasteiger partial charge on any atom is 0.191 e. The molecule has 3 N–H and O–H groups in total. The normalized spacial score (nSPS) is 14.3. The molecular weight excluding hydrogens is 302 g/mol. The van der Waals surface area contributed by atoms with Crippen molar-refractivity contribution in [3.05, 3.63) is 53.3 Å². The second-order valence-corrected chi connectivity index (χ2v) is 6.21. The van der Waals surface area contributed by atoms with Crippen molar-refractivity contribution in [1.29, 1.82) is 0 Å². The Morgan fingerprint density at radius 1 is 1.38 bits per heavy atom. The minimum absolute atomic E-state index is 0.346. The van der Waals surface area contributed by atoms with Crippen LogP contribution in [0, 0.1) is 6.92 Å². The molecule has 0 aliphatic heterocycles. The molecule has 1 heterocycles. The monoisotopic (exact) mass is 329 g/mol. The van der Waals surface area contributed by atoms with Gasteiger partial charge >= 0.3 is 0 Å². The summed E-state index contributed by atoms with van der Waals surface area (Å²) in [6.07, 6.45) is 3.50. The van der Waals surface area contributed by atoms with Gasteiger partial charge in [-0.1, -0.05) is 29.8 Å². The number of aliphatic hydroxyl groups is 1. The van der Waals surface area contributed by atoms with Crippen molar-refractivity contribution < 1.29 is 5.11 Å². The topological polar surface area (TPSA) is 74.5 Å². The highest BCUT2D eigenvalue weighted by Crippen LogP contribution is 2.18. The third kappa shape index (κ3) is 5.09. The largest absolute Gasteiger partial charge is 0.383 e. The van der Waals surface area contributed by atoms with E-state index in [1.54, 1.807) is 17.8 Å². The van der Waals surface area contributed by atoms with Gasteiger partial charge in [-0.15, -0.1) is 0 Å². The van der Waals surface area contributed by atoms with Gasteiger partial charge in [0.2, 0.25) is 0 Å². The van der Waals surface area contributed by atoms with Gasteiger partial charge in [-0.3, -0.25) is 4.68 Å². The Kier molecular flexibility index (Phi) is 5.98. The molecule has 1 unspecified atom stereocenters. The number of nitrogens with zero attached hydrogens (tertiary/aromatic N) is 3. The van der Waals surface area contributed by atoms with Crippen LogP contribution in [0.15, 0.2) is 41.7 Å².